The molecule has 0 radical (unpaired) electrons. The summed E-state index contributed by atoms with van der Waals surface area (Å²) in [5, 5.41) is 12.0. The second-order valence-corrected chi connectivity index (χ2v) is 4.27. The maximum absolute atomic E-state index is 13.1. The van der Waals surface area contributed by atoms with Crippen LogP contribution in [0.2, 0.25) is 0 Å². The normalized spacial score (nSPS) is 11.5. The van der Waals surface area contributed by atoms with Crippen LogP contribution in [-0.2, 0) is 0 Å². The Balaban J connectivity index is 2.39. The highest BCUT2D eigenvalue weighted by atomic mass is 32.2. The molecule has 0 aliphatic heterocycles. The van der Waals surface area contributed by atoms with Crippen LogP contribution in [0.1, 0.15) is 5.56 Å². The van der Waals surface area contributed by atoms with Gasteiger partial charge in [-0.05, 0) is 36.0 Å². The van der Waals surface area contributed by atoms with Crippen molar-refractivity contribution in [2.24, 2.45) is 10.9 Å². The van der Waals surface area contributed by atoms with Crippen molar-refractivity contribution in [2.75, 3.05) is 0 Å². The van der Waals surface area contributed by atoms with Gasteiger partial charge in [-0.2, -0.15) is 0 Å². The van der Waals surface area contributed by atoms with Gasteiger partial charge in [0.1, 0.15) is 5.82 Å². The molecule has 0 aliphatic carbocycles. The van der Waals surface area contributed by atoms with Crippen molar-refractivity contribution in [1.29, 1.82) is 0 Å². The van der Waals surface area contributed by atoms with Gasteiger partial charge in [-0.15, -0.1) is 0 Å². The van der Waals surface area contributed by atoms with E-state index in [0.717, 1.165) is 0 Å². The minimum Gasteiger partial charge on any atom is -0.409 e. The van der Waals surface area contributed by atoms with E-state index < -0.39 is 5.82 Å². The summed E-state index contributed by atoms with van der Waals surface area (Å²) in [6.45, 7) is 0. The van der Waals surface area contributed by atoms with Crippen LogP contribution in [0.4, 0.5) is 4.39 Å². The molecule has 2 aromatic rings. The first-order valence-corrected chi connectivity index (χ1v) is 5.74. The van der Waals surface area contributed by atoms with E-state index >= 15 is 0 Å². The van der Waals surface area contributed by atoms with Gasteiger partial charge in [-0.25, -0.2) is 14.4 Å². The minimum atomic E-state index is -0.463. The monoisotopic (exact) mass is 264 g/mol. The predicted molar refractivity (Wildman–Crippen MR) is 65.1 cm³/mol. The third kappa shape index (κ3) is 2.75. The lowest BCUT2D eigenvalue weighted by Gasteiger charge is -2.06. The number of benzene rings is 1. The Morgan fingerprint density at radius 2 is 2.06 bits per heavy atom. The van der Waals surface area contributed by atoms with Gasteiger partial charge in [-0.3, -0.25) is 0 Å². The van der Waals surface area contributed by atoms with Gasteiger partial charge in [0.05, 0.1) is 0 Å². The SMILES string of the molecule is NC(=NO)c1cc(F)ccc1Sc1ncccn1. The van der Waals surface area contributed by atoms with Crippen molar-refractivity contribution >= 4 is 17.6 Å². The van der Waals surface area contributed by atoms with Crippen LogP contribution in [0.25, 0.3) is 0 Å². The lowest BCUT2D eigenvalue weighted by molar-refractivity contribution is 0.318. The zero-order valence-corrected chi connectivity index (χ0v) is 9.93. The standard InChI is InChI=1S/C11H9FN4OS/c12-7-2-3-9(8(6-7)10(13)16-17)18-11-14-4-1-5-15-11/h1-6,17H,(H2,13,16). The molecule has 0 aliphatic rings. The van der Waals surface area contributed by atoms with E-state index in [1.54, 1.807) is 18.5 Å². The molecule has 0 amide bonds. The van der Waals surface area contributed by atoms with Gasteiger partial charge >= 0.3 is 0 Å². The predicted octanol–water partition coefficient (Wildman–Crippen LogP) is 1.86. The van der Waals surface area contributed by atoms with Crippen LogP contribution in [0.15, 0.2) is 51.9 Å². The number of nitrogens with two attached hydrogens (primary N) is 1. The fourth-order valence-corrected chi connectivity index (χ4v) is 2.12. The van der Waals surface area contributed by atoms with Crippen LogP contribution < -0.4 is 5.73 Å². The Morgan fingerprint density at radius 1 is 1.33 bits per heavy atom. The average Bonchev–Trinajstić information content (AvgIpc) is 2.41. The molecule has 1 heterocycles. The molecule has 2 rings (SSSR count). The fraction of sp³-hybridized carbons (Fsp3) is 0. The van der Waals surface area contributed by atoms with Crippen molar-refractivity contribution in [3.63, 3.8) is 0 Å². The van der Waals surface area contributed by atoms with Crippen LogP contribution in [0.3, 0.4) is 0 Å². The smallest absolute Gasteiger partial charge is 0.192 e. The third-order valence-electron chi connectivity index (χ3n) is 2.07. The Morgan fingerprint density at radius 3 is 2.72 bits per heavy atom. The summed E-state index contributed by atoms with van der Waals surface area (Å²) in [7, 11) is 0. The van der Waals surface area contributed by atoms with E-state index in [0.29, 0.717) is 15.6 Å². The zero-order valence-electron chi connectivity index (χ0n) is 9.12. The fourth-order valence-electron chi connectivity index (χ4n) is 1.28. The van der Waals surface area contributed by atoms with Gasteiger partial charge in [-0.1, -0.05) is 5.16 Å². The summed E-state index contributed by atoms with van der Waals surface area (Å²) in [6, 6.07) is 5.71. The van der Waals surface area contributed by atoms with Crippen molar-refractivity contribution in [2.45, 2.75) is 10.1 Å². The number of halogens is 1. The van der Waals surface area contributed by atoms with E-state index in [1.165, 1.54) is 30.0 Å². The molecule has 1 aromatic heterocycles. The number of oxime groups is 1. The molecule has 0 fully saturated rings. The largest absolute Gasteiger partial charge is 0.409 e. The first kappa shape index (κ1) is 12.3. The molecule has 0 saturated carbocycles. The van der Waals surface area contributed by atoms with E-state index in [-0.39, 0.29) is 5.84 Å². The van der Waals surface area contributed by atoms with Gasteiger partial charge in [0, 0.05) is 22.9 Å². The molecule has 1 aromatic carbocycles. The summed E-state index contributed by atoms with van der Waals surface area (Å²) in [5.41, 5.74) is 5.80. The lowest BCUT2D eigenvalue weighted by atomic mass is 10.2. The highest BCUT2D eigenvalue weighted by molar-refractivity contribution is 7.99. The maximum atomic E-state index is 13.1. The van der Waals surface area contributed by atoms with E-state index in [2.05, 4.69) is 15.1 Å². The summed E-state index contributed by atoms with van der Waals surface area (Å²) in [5.74, 6) is -0.622. The van der Waals surface area contributed by atoms with Crippen molar-refractivity contribution in [3.05, 3.63) is 48.0 Å². The van der Waals surface area contributed by atoms with Crippen molar-refractivity contribution in [3.8, 4) is 0 Å². The zero-order chi connectivity index (χ0) is 13.0. The molecule has 5 nitrogen and oxygen atoms in total. The Hall–Kier alpha value is -2.15. The number of hydrogen-bond donors (Lipinski definition) is 2. The lowest BCUT2D eigenvalue weighted by Crippen LogP contribution is -2.14. The molecule has 0 atom stereocenters. The average molecular weight is 264 g/mol. The summed E-state index contributed by atoms with van der Waals surface area (Å²) in [4.78, 5) is 8.68. The second kappa shape index (κ2) is 5.46. The summed E-state index contributed by atoms with van der Waals surface area (Å²) >= 11 is 1.21. The molecule has 92 valence electrons. The molecule has 3 N–H and O–H groups in total. The number of aromatic nitrogens is 2. The number of rotatable bonds is 3. The van der Waals surface area contributed by atoms with Gasteiger partial charge < -0.3 is 10.9 Å². The molecular weight excluding hydrogens is 255 g/mol. The van der Waals surface area contributed by atoms with E-state index in [4.69, 9.17) is 10.9 Å². The number of hydrogen-bond acceptors (Lipinski definition) is 5. The quantitative estimate of drug-likeness (QED) is 0.290. The molecule has 0 spiro atoms. The summed E-state index contributed by atoms with van der Waals surface area (Å²) in [6.07, 6.45) is 3.20. The number of nitrogens with zero attached hydrogens (tertiary/aromatic N) is 3. The summed E-state index contributed by atoms with van der Waals surface area (Å²) < 4.78 is 13.1. The van der Waals surface area contributed by atoms with Crippen LogP contribution >= 0.6 is 11.8 Å². The van der Waals surface area contributed by atoms with Crippen molar-refractivity contribution < 1.29 is 9.60 Å². The minimum absolute atomic E-state index is 0.159. The van der Waals surface area contributed by atoms with Crippen LogP contribution in [-0.4, -0.2) is 21.0 Å². The van der Waals surface area contributed by atoms with Gasteiger partial charge in [0.25, 0.3) is 0 Å². The molecule has 0 unspecified atom stereocenters. The van der Waals surface area contributed by atoms with E-state index in [1.807, 2.05) is 0 Å². The Labute approximate surface area is 107 Å². The van der Waals surface area contributed by atoms with Gasteiger partial charge in [0.2, 0.25) is 0 Å². The topological polar surface area (TPSA) is 84.4 Å². The molecule has 7 heteroatoms. The first-order chi connectivity index (χ1) is 8.70. The maximum Gasteiger partial charge on any atom is 0.192 e. The highest BCUT2D eigenvalue weighted by Gasteiger charge is 2.11. The Kier molecular flexibility index (Phi) is 3.73. The molecule has 18 heavy (non-hydrogen) atoms. The van der Waals surface area contributed by atoms with Crippen molar-refractivity contribution in [1.82, 2.24) is 9.97 Å². The van der Waals surface area contributed by atoms with Gasteiger partial charge in [0.15, 0.2) is 11.0 Å². The number of amidine groups is 1. The van der Waals surface area contributed by atoms with E-state index in [9.17, 15) is 4.39 Å². The van der Waals surface area contributed by atoms with Crippen LogP contribution in [0, 0.1) is 5.82 Å². The molecule has 0 saturated heterocycles. The second-order valence-electron chi connectivity index (χ2n) is 3.26. The molecular formula is C11H9FN4OS. The van der Waals surface area contributed by atoms with Crippen LogP contribution in [0.5, 0.6) is 0 Å². The highest BCUT2D eigenvalue weighted by Crippen LogP contribution is 2.28. The molecule has 0 bridgehead atoms. The third-order valence-corrected chi connectivity index (χ3v) is 3.04. The first-order valence-electron chi connectivity index (χ1n) is 4.93. The Bertz CT molecular complexity index is 577.